The van der Waals surface area contributed by atoms with Crippen LogP contribution in [0.3, 0.4) is 0 Å². The molecule has 4 nitrogen and oxygen atoms in total. The van der Waals surface area contributed by atoms with Crippen LogP contribution in [0.15, 0.2) is 87.1 Å². The second-order valence-electron chi connectivity index (χ2n) is 5.96. The first-order valence-corrected chi connectivity index (χ1v) is 7.92. The van der Waals surface area contributed by atoms with Crippen molar-refractivity contribution in [1.29, 1.82) is 0 Å². The van der Waals surface area contributed by atoms with Crippen LogP contribution in [0, 0.1) is 0 Å². The molecule has 8 bridgehead atoms. The van der Waals surface area contributed by atoms with Gasteiger partial charge in [-0.05, 0) is 66.8 Å². The molecule has 0 spiro atoms. The molecular formula is C20H14N4Pt. The molecule has 25 heavy (non-hydrogen) atoms. The zero-order valence-electron chi connectivity index (χ0n) is 13.2. The molecule has 4 aliphatic heterocycles. The Balaban J connectivity index is 0.00000157. The standard InChI is InChI=1S/C20H14N4.Pt/c1-2-14-10-16-5-6-18(23-16)12-20-8-7-19(24-20)11-17-4-3-15(22-17)9-13(1)21-14;/h1-13,24H;. The summed E-state index contributed by atoms with van der Waals surface area (Å²) >= 11 is 0. The summed E-state index contributed by atoms with van der Waals surface area (Å²) in [5, 5.41) is 2.05. The first-order valence-electron chi connectivity index (χ1n) is 7.92. The van der Waals surface area contributed by atoms with E-state index < -0.39 is 0 Å². The first-order chi connectivity index (χ1) is 11.8. The predicted molar refractivity (Wildman–Crippen MR) is 98.7 cm³/mol. The van der Waals surface area contributed by atoms with Crippen LogP contribution >= 0.6 is 0 Å². The van der Waals surface area contributed by atoms with Gasteiger partial charge in [0.2, 0.25) is 0 Å². The van der Waals surface area contributed by atoms with Crippen molar-refractivity contribution in [2.45, 2.75) is 6.04 Å². The maximum atomic E-state index is 4.68. The number of hydrogen-bond donors (Lipinski definition) is 1. The molecule has 1 aromatic heterocycles. The van der Waals surface area contributed by atoms with Gasteiger partial charge in [0, 0.05) is 31.8 Å². The van der Waals surface area contributed by atoms with Crippen LogP contribution < -0.4 is 10.7 Å². The van der Waals surface area contributed by atoms with Gasteiger partial charge in [0.25, 0.3) is 0 Å². The minimum Gasteiger partial charge on any atom is -0.355 e. The topological polar surface area (TPSA) is 52.9 Å². The summed E-state index contributed by atoms with van der Waals surface area (Å²) in [6.45, 7) is 0. The molecule has 0 aromatic carbocycles. The molecule has 0 saturated heterocycles. The monoisotopic (exact) mass is 505 g/mol. The fourth-order valence-electron chi connectivity index (χ4n) is 3.00. The second-order valence-corrected chi connectivity index (χ2v) is 5.96. The van der Waals surface area contributed by atoms with Gasteiger partial charge in [0.1, 0.15) is 0 Å². The van der Waals surface area contributed by atoms with E-state index in [9.17, 15) is 0 Å². The van der Waals surface area contributed by atoms with Crippen molar-refractivity contribution in [3.63, 3.8) is 0 Å². The van der Waals surface area contributed by atoms with Crippen LogP contribution in [0.5, 0.6) is 0 Å². The summed E-state index contributed by atoms with van der Waals surface area (Å²) in [4.78, 5) is 17.3. The van der Waals surface area contributed by atoms with E-state index in [2.05, 4.69) is 32.1 Å². The SMILES string of the molecule is C1=CC2=NC1=CC1=NC(C=C1)C=C1C=CC(=N1)C=c1ccc([nH]1)=C2.[Pt]. The number of rotatable bonds is 0. The minimum absolute atomic E-state index is 0. The molecule has 1 N–H and O–H groups in total. The van der Waals surface area contributed by atoms with E-state index in [1.54, 1.807) is 0 Å². The zero-order valence-corrected chi connectivity index (χ0v) is 15.4. The van der Waals surface area contributed by atoms with Crippen molar-refractivity contribution in [2.75, 3.05) is 0 Å². The Morgan fingerprint density at radius 3 is 2.16 bits per heavy atom. The van der Waals surface area contributed by atoms with Gasteiger partial charge < -0.3 is 4.98 Å². The number of fused-ring (bicyclic) bond motifs is 5. The average molecular weight is 505 g/mol. The molecule has 0 amide bonds. The third-order valence-corrected chi connectivity index (χ3v) is 4.10. The molecule has 124 valence electrons. The Kier molecular flexibility index (Phi) is 4.06. The molecule has 1 unspecified atom stereocenters. The van der Waals surface area contributed by atoms with E-state index >= 15 is 0 Å². The molecule has 0 radical (unpaired) electrons. The van der Waals surface area contributed by atoms with Gasteiger partial charge in [0.05, 0.1) is 34.6 Å². The molecule has 5 rings (SSSR count). The smallest absolute Gasteiger partial charge is 0.0895 e. The third-order valence-electron chi connectivity index (χ3n) is 4.10. The molecular weight excluding hydrogens is 491 g/mol. The predicted octanol–water partition coefficient (Wildman–Crippen LogP) is 1.76. The van der Waals surface area contributed by atoms with Crippen molar-refractivity contribution in [2.24, 2.45) is 15.0 Å². The maximum absolute atomic E-state index is 4.68. The number of H-pyrrole nitrogens is 1. The van der Waals surface area contributed by atoms with Gasteiger partial charge in [-0.2, -0.15) is 0 Å². The van der Waals surface area contributed by atoms with Gasteiger partial charge in [-0.15, -0.1) is 0 Å². The summed E-state index contributed by atoms with van der Waals surface area (Å²) in [5.41, 5.74) is 4.67. The van der Waals surface area contributed by atoms with Crippen LogP contribution in [-0.4, -0.2) is 28.2 Å². The number of nitrogens with one attached hydrogen (secondary N) is 1. The number of nitrogens with zero attached hydrogens (tertiary/aromatic N) is 3. The fourth-order valence-corrected chi connectivity index (χ4v) is 3.00. The Labute approximate surface area is 159 Å². The average Bonchev–Trinajstić information content (AvgIpc) is 3.32. The third kappa shape index (κ3) is 3.31. The quantitative estimate of drug-likeness (QED) is 0.559. The minimum atomic E-state index is 0. The zero-order chi connectivity index (χ0) is 15.9. The van der Waals surface area contributed by atoms with Gasteiger partial charge >= 0.3 is 0 Å². The van der Waals surface area contributed by atoms with Gasteiger partial charge in [0.15, 0.2) is 0 Å². The van der Waals surface area contributed by atoms with Crippen LogP contribution in [0.1, 0.15) is 0 Å². The number of hydrogen-bond acceptors (Lipinski definition) is 3. The van der Waals surface area contributed by atoms with Crippen molar-refractivity contribution in [1.82, 2.24) is 4.98 Å². The Hall–Kier alpha value is -2.58. The molecule has 5 heterocycles. The summed E-state index contributed by atoms with van der Waals surface area (Å²) in [6, 6.07) is 4.13. The number of allylic oxidation sites excluding steroid dienone is 6. The molecule has 0 aliphatic carbocycles. The molecule has 4 aliphatic rings. The number of aromatic amines is 1. The second kappa shape index (κ2) is 6.38. The largest absolute Gasteiger partial charge is 0.355 e. The Morgan fingerprint density at radius 2 is 1.40 bits per heavy atom. The van der Waals surface area contributed by atoms with Gasteiger partial charge in [-0.1, -0.05) is 6.08 Å². The molecule has 5 heteroatoms. The summed E-state index contributed by atoms with van der Waals surface area (Å²) in [6.07, 6.45) is 20.3. The summed E-state index contributed by atoms with van der Waals surface area (Å²) < 4.78 is 0. The first kappa shape index (κ1) is 15.9. The van der Waals surface area contributed by atoms with Crippen molar-refractivity contribution in [3.05, 3.63) is 82.8 Å². The normalized spacial score (nSPS) is 22.2. The van der Waals surface area contributed by atoms with E-state index in [1.807, 2.05) is 60.7 Å². The van der Waals surface area contributed by atoms with Crippen molar-refractivity contribution < 1.29 is 21.1 Å². The van der Waals surface area contributed by atoms with Crippen molar-refractivity contribution in [3.8, 4) is 0 Å². The molecule has 0 saturated carbocycles. The van der Waals surface area contributed by atoms with Crippen molar-refractivity contribution >= 4 is 29.3 Å². The van der Waals surface area contributed by atoms with E-state index in [4.69, 9.17) is 0 Å². The number of aromatic nitrogens is 1. The Bertz CT molecular complexity index is 1100. The number of aliphatic imine (C=N–C) groups is 3. The van der Waals surface area contributed by atoms with Crippen LogP contribution in [0.25, 0.3) is 12.2 Å². The maximum Gasteiger partial charge on any atom is 0.0895 e. The van der Waals surface area contributed by atoms with Crippen LogP contribution in [-0.2, 0) is 21.1 Å². The molecule has 0 fully saturated rings. The van der Waals surface area contributed by atoms with E-state index in [1.165, 1.54) is 0 Å². The molecule has 1 atom stereocenters. The van der Waals surface area contributed by atoms with E-state index in [-0.39, 0.29) is 27.1 Å². The summed E-state index contributed by atoms with van der Waals surface area (Å²) in [5.74, 6) is 0. The Morgan fingerprint density at radius 1 is 0.720 bits per heavy atom. The summed E-state index contributed by atoms with van der Waals surface area (Å²) in [7, 11) is 0. The van der Waals surface area contributed by atoms with Crippen LogP contribution in [0.2, 0.25) is 0 Å². The van der Waals surface area contributed by atoms with E-state index in [0.29, 0.717) is 0 Å². The molecule has 1 aromatic rings. The van der Waals surface area contributed by atoms with Gasteiger partial charge in [-0.25, -0.2) is 9.98 Å². The van der Waals surface area contributed by atoms with Crippen LogP contribution in [0.4, 0.5) is 0 Å². The van der Waals surface area contributed by atoms with E-state index in [0.717, 1.165) is 39.2 Å². The fraction of sp³-hybridized carbons (Fsp3) is 0.0500. The van der Waals surface area contributed by atoms with Gasteiger partial charge in [-0.3, -0.25) is 4.99 Å².